The van der Waals surface area contributed by atoms with Gasteiger partial charge in [-0.2, -0.15) is 0 Å². The molecular weight excluding hydrogens is 206 g/mol. The number of rotatable bonds is 11. The smallest absolute Gasteiger partial charge is 0.158 e. The summed E-state index contributed by atoms with van der Waals surface area (Å²) in [6.45, 7) is 9.00. The first kappa shape index (κ1) is 15.8. The summed E-state index contributed by atoms with van der Waals surface area (Å²) >= 11 is 0. The zero-order valence-corrected chi connectivity index (χ0v) is 10.9. The minimum atomic E-state index is -0.179. The highest BCUT2D eigenvalue weighted by molar-refractivity contribution is 4.57. The first-order valence-corrected chi connectivity index (χ1v) is 6.36. The average molecular weight is 233 g/mol. The molecule has 0 aromatic carbocycles. The predicted molar refractivity (Wildman–Crippen MR) is 65.4 cm³/mol. The van der Waals surface area contributed by atoms with Gasteiger partial charge in [0, 0.05) is 19.6 Å². The first-order chi connectivity index (χ1) is 7.74. The Hall–Kier alpha value is -0.160. The van der Waals surface area contributed by atoms with Gasteiger partial charge in [0.15, 0.2) is 6.29 Å². The Morgan fingerprint density at radius 2 is 1.56 bits per heavy atom. The van der Waals surface area contributed by atoms with E-state index in [1.165, 1.54) is 0 Å². The van der Waals surface area contributed by atoms with Crippen molar-refractivity contribution < 1.29 is 14.6 Å². The van der Waals surface area contributed by atoms with Crippen molar-refractivity contribution in [2.24, 2.45) is 0 Å². The third-order valence-electron chi connectivity index (χ3n) is 2.39. The maximum Gasteiger partial charge on any atom is 0.158 e. The second-order valence-electron chi connectivity index (χ2n) is 3.73. The molecule has 0 aliphatic carbocycles. The van der Waals surface area contributed by atoms with E-state index < -0.39 is 0 Å². The zero-order chi connectivity index (χ0) is 12.2. The lowest BCUT2D eigenvalue weighted by atomic mass is 10.2. The van der Waals surface area contributed by atoms with Gasteiger partial charge in [-0.15, -0.1) is 0 Å². The molecule has 0 radical (unpaired) electrons. The van der Waals surface area contributed by atoms with Gasteiger partial charge in [-0.05, 0) is 39.8 Å². The van der Waals surface area contributed by atoms with Crippen LogP contribution in [-0.4, -0.2) is 43.8 Å². The van der Waals surface area contributed by atoms with E-state index in [0.29, 0.717) is 13.2 Å². The molecule has 0 aliphatic rings. The van der Waals surface area contributed by atoms with Crippen molar-refractivity contribution in [1.29, 1.82) is 0 Å². The maximum atomic E-state index is 9.35. The lowest BCUT2D eigenvalue weighted by Crippen LogP contribution is -2.26. The van der Waals surface area contributed by atoms with Gasteiger partial charge in [0.25, 0.3) is 0 Å². The van der Waals surface area contributed by atoms with Gasteiger partial charge in [0.05, 0.1) is 6.10 Å². The summed E-state index contributed by atoms with van der Waals surface area (Å²) in [6, 6.07) is 0. The van der Waals surface area contributed by atoms with Crippen LogP contribution in [0.1, 0.15) is 40.0 Å². The maximum absolute atomic E-state index is 9.35. The third kappa shape index (κ3) is 9.09. The predicted octanol–water partition coefficient (Wildman–Crippen LogP) is 1.53. The number of aliphatic hydroxyl groups is 1. The van der Waals surface area contributed by atoms with Gasteiger partial charge in [-0.1, -0.05) is 6.92 Å². The SMILES string of the molecule is CCOC(CCNCCC(O)CC)OCC. The Morgan fingerprint density at radius 3 is 2.06 bits per heavy atom. The summed E-state index contributed by atoms with van der Waals surface area (Å²) in [5.74, 6) is 0. The standard InChI is InChI=1S/C12H27NO3/c1-4-11(14)7-9-13-10-8-12(15-5-2)16-6-3/h11-14H,4-10H2,1-3H3. The van der Waals surface area contributed by atoms with Crippen molar-refractivity contribution in [3.8, 4) is 0 Å². The molecule has 16 heavy (non-hydrogen) atoms. The zero-order valence-electron chi connectivity index (χ0n) is 10.9. The van der Waals surface area contributed by atoms with E-state index in [4.69, 9.17) is 9.47 Å². The highest BCUT2D eigenvalue weighted by Crippen LogP contribution is 2.00. The molecule has 0 heterocycles. The summed E-state index contributed by atoms with van der Waals surface area (Å²) in [5, 5.41) is 12.6. The first-order valence-electron chi connectivity index (χ1n) is 6.36. The molecule has 2 N–H and O–H groups in total. The van der Waals surface area contributed by atoms with Crippen molar-refractivity contribution in [2.75, 3.05) is 26.3 Å². The Kier molecular flexibility index (Phi) is 11.2. The Balaban J connectivity index is 3.39. The minimum absolute atomic E-state index is 0.0985. The van der Waals surface area contributed by atoms with Crippen LogP contribution in [-0.2, 0) is 9.47 Å². The van der Waals surface area contributed by atoms with Crippen LogP contribution in [0.3, 0.4) is 0 Å². The quantitative estimate of drug-likeness (QED) is 0.420. The highest BCUT2D eigenvalue weighted by atomic mass is 16.7. The largest absolute Gasteiger partial charge is 0.393 e. The molecule has 0 aromatic heterocycles. The number of hydrogen-bond donors (Lipinski definition) is 2. The molecule has 0 bridgehead atoms. The summed E-state index contributed by atoms with van der Waals surface area (Å²) < 4.78 is 10.8. The Labute approximate surface area is 99.3 Å². The van der Waals surface area contributed by atoms with E-state index in [0.717, 1.165) is 32.4 Å². The molecule has 0 spiro atoms. The normalized spacial score (nSPS) is 13.3. The number of nitrogens with one attached hydrogen (secondary N) is 1. The fourth-order valence-corrected chi connectivity index (χ4v) is 1.40. The van der Waals surface area contributed by atoms with Crippen LogP contribution in [0.5, 0.6) is 0 Å². The van der Waals surface area contributed by atoms with Crippen molar-refractivity contribution >= 4 is 0 Å². The molecule has 0 aromatic rings. The van der Waals surface area contributed by atoms with Gasteiger partial charge in [0.1, 0.15) is 0 Å². The molecule has 1 atom stereocenters. The van der Waals surface area contributed by atoms with Crippen molar-refractivity contribution in [2.45, 2.75) is 52.4 Å². The third-order valence-corrected chi connectivity index (χ3v) is 2.39. The average Bonchev–Trinajstić information content (AvgIpc) is 2.28. The van der Waals surface area contributed by atoms with E-state index in [2.05, 4.69) is 5.32 Å². The lowest BCUT2D eigenvalue weighted by molar-refractivity contribution is -0.138. The topological polar surface area (TPSA) is 50.7 Å². The molecule has 0 fully saturated rings. The van der Waals surface area contributed by atoms with Gasteiger partial charge in [-0.3, -0.25) is 0 Å². The monoisotopic (exact) mass is 233 g/mol. The molecule has 4 heteroatoms. The second-order valence-corrected chi connectivity index (χ2v) is 3.73. The van der Waals surface area contributed by atoms with Gasteiger partial charge < -0.3 is 19.9 Å². The Morgan fingerprint density at radius 1 is 1.00 bits per heavy atom. The summed E-state index contributed by atoms with van der Waals surface area (Å²) in [6.07, 6.45) is 2.21. The summed E-state index contributed by atoms with van der Waals surface area (Å²) in [4.78, 5) is 0. The summed E-state index contributed by atoms with van der Waals surface area (Å²) in [5.41, 5.74) is 0. The molecule has 0 rings (SSSR count). The van der Waals surface area contributed by atoms with Gasteiger partial charge >= 0.3 is 0 Å². The number of ether oxygens (including phenoxy) is 2. The molecule has 0 saturated heterocycles. The van der Waals surface area contributed by atoms with Crippen LogP contribution in [0.4, 0.5) is 0 Å². The van der Waals surface area contributed by atoms with E-state index in [-0.39, 0.29) is 12.4 Å². The molecule has 98 valence electrons. The van der Waals surface area contributed by atoms with Crippen LogP contribution in [0.2, 0.25) is 0 Å². The molecule has 1 unspecified atom stereocenters. The fourth-order valence-electron chi connectivity index (χ4n) is 1.40. The minimum Gasteiger partial charge on any atom is -0.393 e. The second kappa shape index (κ2) is 11.3. The van der Waals surface area contributed by atoms with E-state index in [9.17, 15) is 5.11 Å². The van der Waals surface area contributed by atoms with Crippen molar-refractivity contribution in [3.05, 3.63) is 0 Å². The molecule has 0 saturated carbocycles. The van der Waals surface area contributed by atoms with Crippen LogP contribution in [0, 0.1) is 0 Å². The number of aliphatic hydroxyl groups excluding tert-OH is 1. The van der Waals surface area contributed by atoms with E-state index in [1.54, 1.807) is 0 Å². The van der Waals surface area contributed by atoms with Crippen LogP contribution in [0.25, 0.3) is 0 Å². The van der Waals surface area contributed by atoms with Crippen molar-refractivity contribution in [1.82, 2.24) is 5.32 Å². The molecular formula is C12H27NO3. The Bertz CT molecular complexity index is 138. The van der Waals surface area contributed by atoms with Gasteiger partial charge in [0.2, 0.25) is 0 Å². The van der Waals surface area contributed by atoms with E-state index >= 15 is 0 Å². The van der Waals surface area contributed by atoms with E-state index in [1.807, 2.05) is 20.8 Å². The number of hydrogen-bond acceptors (Lipinski definition) is 4. The molecule has 4 nitrogen and oxygen atoms in total. The highest BCUT2D eigenvalue weighted by Gasteiger charge is 2.07. The fraction of sp³-hybridized carbons (Fsp3) is 1.00. The van der Waals surface area contributed by atoms with Gasteiger partial charge in [-0.25, -0.2) is 0 Å². The lowest BCUT2D eigenvalue weighted by Gasteiger charge is -2.17. The van der Waals surface area contributed by atoms with Crippen LogP contribution in [0.15, 0.2) is 0 Å². The molecule has 0 amide bonds. The van der Waals surface area contributed by atoms with Crippen LogP contribution >= 0.6 is 0 Å². The van der Waals surface area contributed by atoms with Crippen molar-refractivity contribution in [3.63, 3.8) is 0 Å². The van der Waals surface area contributed by atoms with Crippen LogP contribution < -0.4 is 5.32 Å². The molecule has 0 aliphatic heterocycles. The summed E-state index contributed by atoms with van der Waals surface area (Å²) in [7, 11) is 0.